The van der Waals surface area contributed by atoms with E-state index in [1.54, 1.807) is 26.4 Å². The van der Waals surface area contributed by atoms with Gasteiger partial charge in [-0.2, -0.15) is 0 Å². The molecule has 148 valence electrons. The van der Waals surface area contributed by atoms with E-state index in [2.05, 4.69) is 22.3 Å². The SMILES string of the molecule is COc1ccc(/C=C/C(=O)Nc2ccc(CN3CCCCC3)cc2)c(OC)c1. The number of anilines is 1. The van der Waals surface area contributed by atoms with Crippen LogP contribution in [-0.2, 0) is 11.3 Å². The summed E-state index contributed by atoms with van der Waals surface area (Å²) in [5.74, 6) is 1.19. The Labute approximate surface area is 167 Å². The molecule has 1 fully saturated rings. The third kappa shape index (κ3) is 5.60. The van der Waals surface area contributed by atoms with Crippen molar-refractivity contribution < 1.29 is 14.3 Å². The van der Waals surface area contributed by atoms with Crippen molar-refractivity contribution >= 4 is 17.7 Å². The standard InChI is InChI=1S/C23H28N2O3/c1-27-21-12-8-19(22(16-21)28-2)9-13-23(26)24-20-10-6-18(7-11-20)17-25-14-4-3-5-15-25/h6-13,16H,3-5,14-15,17H2,1-2H3,(H,24,26)/b13-9+. The van der Waals surface area contributed by atoms with Crippen molar-refractivity contribution in [3.05, 3.63) is 59.7 Å². The molecule has 5 nitrogen and oxygen atoms in total. The van der Waals surface area contributed by atoms with E-state index in [4.69, 9.17) is 9.47 Å². The number of methoxy groups -OCH3 is 2. The summed E-state index contributed by atoms with van der Waals surface area (Å²) in [6.07, 6.45) is 7.17. The minimum Gasteiger partial charge on any atom is -0.497 e. The molecule has 5 heteroatoms. The number of nitrogens with zero attached hydrogens (tertiary/aromatic N) is 1. The topological polar surface area (TPSA) is 50.8 Å². The lowest BCUT2D eigenvalue weighted by molar-refractivity contribution is -0.111. The molecule has 2 aromatic rings. The van der Waals surface area contributed by atoms with Crippen LogP contribution in [0, 0.1) is 0 Å². The van der Waals surface area contributed by atoms with Crippen LogP contribution in [0.3, 0.4) is 0 Å². The van der Waals surface area contributed by atoms with Crippen LogP contribution in [0.5, 0.6) is 11.5 Å². The zero-order valence-corrected chi connectivity index (χ0v) is 16.6. The minimum atomic E-state index is -0.179. The number of piperidine rings is 1. The quantitative estimate of drug-likeness (QED) is 0.726. The molecule has 0 atom stereocenters. The van der Waals surface area contributed by atoms with Crippen LogP contribution >= 0.6 is 0 Å². The van der Waals surface area contributed by atoms with Gasteiger partial charge >= 0.3 is 0 Å². The molecule has 3 rings (SSSR count). The number of nitrogens with one attached hydrogen (secondary N) is 1. The molecule has 0 radical (unpaired) electrons. The van der Waals surface area contributed by atoms with Gasteiger partial charge in [-0.3, -0.25) is 9.69 Å². The number of carbonyl (C=O) groups excluding carboxylic acids is 1. The zero-order chi connectivity index (χ0) is 19.8. The Balaban J connectivity index is 1.56. The van der Waals surface area contributed by atoms with Crippen molar-refractivity contribution in [3.8, 4) is 11.5 Å². The minimum absolute atomic E-state index is 0.179. The lowest BCUT2D eigenvalue weighted by Crippen LogP contribution is -2.29. The van der Waals surface area contributed by atoms with Crippen molar-refractivity contribution in [2.45, 2.75) is 25.8 Å². The number of rotatable bonds is 7. The van der Waals surface area contributed by atoms with Crippen LogP contribution in [0.2, 0.25) is 0 Å². The van der Waals surface area contributed by atoms with E-state index >= 15 is 0 Å². The van der Waals surface area contributed by atoms with Gasteiger partial charge in [0.2, 0.25) is 5.91 Å². The lowest BCUT2D eigenvalue weighted by Gasteiger charge is -2.26. The Morgan fingerprint density at radius 1 is 1.04 bits per heavy atom. The third-order valence-corrected chi connectivity index (χ3v) is 4.93. The van der Waals surface area contributed by atoms with E-state index < -0.39 is 0 Å². The molecule has 1 N–H and O–H groups in total. The Hall–Kier alpha value is -2.79. The normalized spacial score (nSPS) is 14.8. The summed E-state index contributed by atoms with van der Waals surface area (Å²) >= 11 is 0. The third-order valence-electron chi connectivity index (χ3n) is 4.93. The van der Waals surface area contributed by atoms with Gasteiger partial charge in [0, 0.05) is 29.9 Å². The highest BCUT2D eigenvalue weighted by Crippen LogP contribution is 2.25. The van der Waals surface area contributed by atoms with Crippen molar-refractivity contribution in [1.29, 1.82) is 0 Å². The number of ether oxygens (including phenoxy) is 2. The molecule has 0 aromatic heterocycles. The molecule has 0 unspecified atom stereocenters. The van der Waals surface area contributed by atoms with Crippen molar-refractivity contribution in [2.24, 2.45) is 0 Å². The van der Waals surface area contributed by atoms with Crippen LogP contribution in [0.4, 0.5) is 5.69 Å². The zero-order valence-electron chi connectivity index (χ0n) is 16.6. The highest BCUT2D eigenvalue weighted by Gasteiger charge is 2.10. The highest BCUT2D eigenvalue weighted by molar-refractivity contribution is 6.02. The molecular weight excluding hydrogens is 352 g/mol. The van der Waals surface area contributed by atoms with Gasteiger partial charge in [0.05, 0.1) is 14.2 Å². The fourth-order valence-corrected chi connectivity index (χ4v) is 3.37. The summed E-state index contributed by atoms with van der Waals surface area (Å²) in [4.78, 5) is 14.7. The molecule has 2 aromatic carbocycles. The summed E-state index contributed by atoms with van der Waals surface area (Å²) in [5, 5.41) is 2.90. The van der Waals surface area contributed by atoms with E-state index in [0.717, 1.165) is 17.8 Å². The Bertz CT molecular complexity index is 809. The predicted octanol–water partition coefficient (Wildman–Crippen LogP) is 4.34. The maximum absolute atomic E-state index is 12.2. The average Bonchev–Trinajstić information content (AvgIpc) is 2.74. The molecule has 0 spiro atoms. The average molecular weight is 380 g/mol. The lowest BCUT2D eigenvalue weighted by atomic mass is 10.1. The number of hydrogen-bond donors (Lipinski definition) is 1. The second-order valence-electron chi connectivity index (χ2n) is 6.96. The van der Waals surface area contributed by atoms with Crippen molar-refractivity contribution in [1.82, 2.24) is 4.90 Å². The summed E-state index contributed by atoms with van der Waals surface area (Å²) < 4.78 is 10.5. The van der Waals surface area contributed by atoms with Crippen LogP contribution in [-0.4, -0.2) is 38.1 Å². The molecule has 0 bridgehead atoms. The van der Waals surface area contributed by atoms with E-state index in [0.29, 0.717) is 11.5 Å². The maximum atomic E-state index is 12.2. The number of amides is 1. The summed E-state index contributed by atoms with van der Waals surface area (Å²) in [6, 6.07) is 13.6. The Morgan fingerprint density at radius 2 is 1.79 bits per heavy atom. The smallest absolute Gasteiger partial charge is 0.248 e. The molecule has 1 aliphatic rings. The van der Waals surface area contributed by atoms with Gasteiger partial charge in [0.25, 0.3) is 0 Å². The monoisotopic (exact) mass is 380 g/mol. The number of hydrogen-bond acceptors (Lipinski definition) is 4. The Kier molecular flexibility index (Phi) is 7.09. The first-order valence-corrected chi connectivity index (χ1v) is 9.70. The van der Waals surface area contributed by atoms with Gasteiger partial charge in [-0.05, 0) is 61.8 Å². The van der Waals surface area contributed by atoms with E-state index in [9.17, 15) is 4.79 Å². The van der Waals surface area contributed by atoms with Crippen LogP contribution < -0.4 is 14.8 Å². The molecule has 28 heavy (non-hydrogen) atoms. The van der Waals surface area contributed by atoms with Crippen molar-refractivity contribution in [3.63, 3.8) is 0 Å². The molecular formula is C23H28N2O3. The fourth-order valence-electron chi connectivity index (χ4n) is 3.37. The van der Waals surface area contributed by atoms with Crippen LogP contribution in [0.15, 0.2) is 48.5 Å². The van der Waals surface area contributed by atoms with Gasteiger partial charge in [-0.25, -0.2) is 0 Å². The molecule has 1 aliphatic heterocycles. The first-order chi connectivity index (χ1) is 13.7. The maximum Gasteiger partial charge on any atom is 0.248 e. The largest absolute Gasteiger partial charge is 0.497 e. The van der Waals surface area contributed by atoms with Gasteiger partial charge in [0.15, 0.2) is 0 Å². The number of carbonyl (C=O) groups is 1. The van der Waals surface area contributed by atoms with E-state index in [1.165, 1.54) is 44.0 Å². The van der Waals surface area contributed by atoms with E-state index in [1.807, 2.05) is 24.3 Å². The van der Waals surface area contributed by atoms with Gasteiger partial charge in [0.1, 0.15) is 11.5 Å². The van der Waals surface area contributed by atoms with Crippen LogP contribution in [0.1, 0.15) is 30.4 Å². The van der Waals surface area contributed by atoms with Gasteiger partial charge in [-0.15, -0.1) is 0 Å². The highest BCUT2D eigenvalue weighted by atomic mass is 16.5. The van der Waals surface area contributed by atoms with Gasteiger partial charge in [-0.1, -0.05) is 18.6 Å². The second-order valence-corrected chi connectivity index (χ2v) is 6.96. The summed E-state index contributed by atoms with van der Waals surface area (Å²) in [7, 11) is 3.20. The summed E-state index contributed by atoms with van der Waals surface area (Å²) in [6.45, 7) is 3.33. The molecule has 1 amide bonds. The molecule has 0 saturated carbocycles. The first kappa shape index (κ1) is 20.0. The van der Waals surface area contributed by atoms with Crippen LogP contribution in [0.25, 0.3) is 6.08 Å². The molecule has 0 aliphatic carbocycles. The fraction of sp³-hybridized carbons (Fsp3) is 0.348. The Morgan fingerprint density at radius 3 is 2.46 bits per heavy atom. The first-order valence-electron chi connectivity index (χ1n) is 9.70. The van der Waals surface area contributed by atoms with E-state index in [-0.39, 0.29) is 5.91 Å². The van der Waals surface area contributed by atoms with Gasteiger partial charge < -0.3 is 14.8 Å². The second kappa shape index (κ2) is 9.95. The molecule has 1 heterocycles. The summed E-state index contributed by atoms with van der Waals surface area (Å²) in [5.41, 5.74) is 2.88. The van der Waals surface area contributed by atoms with Crippen molar-refractivity contribution in [2.75, 3.05) is 32.6 Å². The number of benzene rings is 2. The number of likely N-dealkylation sites (tertiary alicyclic amines) is 1. The predicted molar refractivity (Wildman–Crippen MR) is 113 cm³/mol. The molecule has 1 saturated heterocycles.